The molecule has 1 rings (SSSR count). The van der Waals surface area contributed by atoms with Gasteiger partial charge < -0.3 is 4.74 Å². The van der Waals surface area contributed by atoms with Gasteiger partial charge in [-0.1, -0.05) is 6.07 Å². The van der Waals surface area contributed by atoms with Crippen molar-refractivity contribution in [1.29, 1.82) is 0 Å². The van der Waals surface area contributed by atoms with Gasteiger partial charge >= 0.3 is 0 Å². The molecule has 0 N–H and O–H groups in total. The fraction of sp³-hybridized carbons (Fsp3) is 0.400. The predicted octanol–water partition coefficient (Wildman–Crippen LogP) is 1.49. The van der Waals surface area contributed by atoms with Crippen LogP contribution in [0, 0.1) is 11.6 Å². The third-order valence-electron chi connectivity index (χ3n) is 2.02. The minimum Gasteiger partial charge on any atom is -0.494 e. The number of hydrogen-bond acceptors (Lipinski definition) is 4. The third kappa shape index (κ3) is 3.94. The van der Waals surface area contributed by atoms with Gasteiger partial charge in [-0.2, -0.15) is 12.8 Å². The van der Waals surface area contributed by atoms with Crippen molar-refractivity contribution in [1.82, 2.24) is 0 Å². The molecule has 0 heterocycles. The topological polar surface area (TPSA) is 52.6 Å². The van der Waals surface area contributed by atoms with E-state index in [9.17, 15) is 17.2 Å². The van der Waals surface area contributed by atoms with Gasteiger partial charge in [0.25, 0.3) is 10.1 Å². The zero-order valence-electron chi connectivity index (χ0n) is 9.37. The Bertz CT molecular complexity index is 499. The fourth-order valence-electron chi connectivity index (χ4n) is 1.23. The number of rotatable bonds is 5. The Morgan fingerprint density at radius 2 is 1.88 bits per heavy atom. The molecule has 0 aromatic heterocycles. The lowest BCUT2D eigenvalue weighted by molar-refractivity contribution is 0.321. The monoisotopic (exact) mass is 266 g/mol. The van der Waals surface area contributed by atoms with Crippen LogP contribution in [0.25, 0.3) is 0 Å². The summed E-state index contributed by atoms with van der Waals surface area (Å²) >= 11 is 0. The zero-order chi connectivity index (χ0) is 13.1. The van der Waals surface area contributed by atoms with E-state index in [1.54, 1.807) is 0 Å². The normalized spacial score (nSPS) is 11.5. The highest BCUT2D eigenvalue weighted by molar-refractivity contribution is 7.85. The van der Waals surface area contributed by atoms with Crippen molar-refractivity contribution in [2.24, 2.45) is 0 Å². The number of hydrogen-bond donors (Lipinski definition) is 0. The molecule has 0 radical (unpaired) electrons. The predicted molar refractivity (Wildman–Crippen MR) is 57.4 cm³/mol. The van der Waals surface area contributed by atoms with Crippen LogP contribution in [0.5, 0.6) is 5.75 Å². The van der Waals surface area contributed by atoms with Crippen molar-refractivity contribution >= 4 is 10.1 Å². The Balaban J connectivity index is 2.76. The van der Waals surface area contributed by atoms with Gasteiger partial charge in [-0.15, -0.1) is 0 Å². The van der Waals surface area contributed by atoms with Gasteiger partial charge in [0.15, 0.2) is 11.6 Å². The molecule has 0 saturated carbocycles. The SMILES string of the molecule is COc1ccc(CCOS(C)(=O)=O)c(F)c1F. The van der Waals surface area contributed by atoms with Crippen LogP contribution >= 0.6 is 0 Å². The van der Waals surface area contributed by atoms with Crippen LogP contribution in [0.3, 0.4) is 0 Å². The zero-order valence-corrected chi connectivity index (χ0v) is 10.2. The maximum atomic E-state index is 13.4. The van der Waals surface area contributed by atoms with E-state index < -0.39 is 21.8 Å². The van der Waals surface area contributed by atoms with Crippen LogP contribution in [-0.4, -0.2) is 28.4 Å². The van der Waals surface area contributed by atoms with Crippen molar-refractivity contribution in [3.63, 3.8) is 0 Å². The van der Waals surface area contributed by atoms with Gasteiger partial charge in [0.1, 0.15) is 0 Å². The van der Waals surface area contributed by atoms with Gasteiger partial charge in [-0.25, -0.2) is 4.39 Å². The fourth-order valence-corrected chi connectivity index (χ4v) is 1.61. The summed E-state index contributed by atoms with van der Waals surface area (Å²) < 4.78 is 57.0. The number of ether oxygens (including phenoxy) is 1. The molecule has 0 aliphatic carbocycles. The molecule has 0 atom stereocenters. The Kier molecular flexibility index (Phi) is 4.41. The summed E-state index contributed by atoms with van der Waals surface area (Å²) in [5.41, 5.74) is 0.0342. The van der Waals surface area contributed by atoms with Gasteiger partial charge in [0.2, 0.25) is 5.82 Å². The second-order valence-corrected chi connectivity index (χ2v) is 4.97. The van der Waals surface area contributed by atoms with Crippen LogP contribution < -0.4 is 4.74 Å². The van der Waals surface area contributed by atoms with E-state index in [0.717, 1.165) is 6.26 Å². The Morgan fingerprint density at radius 3 is 2.41 bits per heavy atom. The summed E-state index contributed by atoms with van der Waals surface area (Å²) in [6.07, 6.45) is 0.845. The lowest BCUT2D eigenvalue weighted by Crippen LogP contribution is -2.08. The summed E-state index contributed by atoms with van der Waals surface area (Å²) in [4.78, 5) is 0. The molecule has 4 nitrogen and oxygen atoms in total. The summed E-state index contributed by atoms with van der Waals surface area (Å²) in [5, 5.41) is 0. The average molecular weight is 266 g/mol. The Labute approximate surface area is 98.3 Å². The van der Waals surface area contributed by atoms with Gasteiger partial charge in [0, 0.05) is 6.42 Å². The van der Waals surface area contributed by atoms with Crippen LogP contribution in [0.1, 0.15) is 5.56 Å². The summed E-state index contributed by atoms with van der Waals surface area (Å²) in [5.74, 6) is -2.35. The second kappa shape index (κ2) is 5.42. The summed E-state index contributed by atoms with van der Waals surface area (Å²) in [6, 6.07) is 2.59. The number of methoxy groups -OCH3 is 1. The van der Waals surface area contributed by atoms with Gasteiger partial charge in [-0.05, 0) is 11.6 Å². The van der Waals surface area contributed by atoms with E-state index in [0.29, 0.717) is 0 Å². The van der Waals surface area contributed by atoms with E-state index in [1.807, 2.05) is 0 Å². The molecule has 0 saturated heterocycles. The molecule has 0 aliphatic rings. The molecule has 0 amide bonds. The molecule has 0 fully saturated rings. The molecule has 17 heavy (non-hydrogen) atoms. The maximum absolute atomic E-state index is 13.4. The minimum absolute atomic E-state index is 0.0342. The van der Waals surface area contributed by atoms with Gasteiger partial charge in [0.05, 0.1) is 20.0 Å². The van der Waals surface area contributed by atoms with Crippen molar-refractivity contribution < 1.29 is 26.1 Å². The molecule has 0 spiro atoms. The van der Waals surface area contributed by atoms with E-state index in [2.05, 4.69) is 8.92 Å². The first-order chi connectivity index (χ1) is 7.85. The van der Waals surface area contributed by atoms with Crippen molar-refractivity contribution in [2.75, 3.05) is 20.0 Å². The lowest BCUT2D eigenvalue weighted by Gasteiger charge is -2.07. The highest BCUT2D eigenvalue weighted by Gasteiger charge is 2.14. The van der Waals surface area contributed by atoms with E-state index in [4.69, 9.17) is 0 Å². The number of halogens is 2. The van der Waals surface area contributed by atoms with E-state index in [-0.39, 0.29) is 24.3 Å². The molecule has 1 aromatic carbocycles. The molecule has 1 aromatic rings. The Morgan fingerprint density at radius 1 is 1.24 bits per heavy atom. The molecule has 7 heteroatoms. The van der Waals surface area contributed by atoms with E-state index in [1.165, 1.54) is 19.2 Å². The highest BCUT2D eigenvalue weighted by Crippen LogP contribution is 2.22. The van der Waals surface area contributed by atoms with E-state index >= 15 is 0 Å². The second-order valence-electron chi connectivity index (χ2n) is 3.33. The van der Waals surface area contributed by atoms with Crippen LogP contribution in [-0.2, 0) is 20.7 Å². The molecule has 0 unspecified atom stereocenters. The lowest BCUT2D eigenvalue weighted by atomic mass is 10.1. The first kappa shape index (κ1) is 13.9. The van der Waals surface area contributed by atoms with Gasteiger partial charge in [-0.3, -0.25) is 4.18 Å². The van der Waals surface area contributed by atoms with Crippen molar-refractivity contribution in [3.05, 3.63) is 29.3 Å². The van der Waals surface area contributed by atoms with Crippen molar-refractivity contribution in [3.8, 4) is 5.75 Å². The average Bonchev–Trinajstić information content (AvgIpc) is 2.23. The number of benzene rings is 1. The largest absolute Gasteiger partial charge is 0.494 e. The minimum atomic E-state index is -3.57. The highest BCUT2D eigenvalue weighted by atomic mass is 32.2. The maximum Gasteiger partial charge on any atom is 0.264 e. The first-order valence-electron chi connectivity index (χ1n) is 4.70. The molecule has 0 bridgehead atoms. The first-order valence-corrected chi connectivity index (χ1v) is 6.52. The Hall–Kier alpha value is -1.21. The van der Waals surface area contributed by atoms with Crippen LogP contribution in [0.15, 0.2) is 12.1 Å². The quantitative estimate of drug-likeness (QED) is 0.758. The smallest absolute Gasteiger partial charge is 0.264 e. The van der Waals surface area contributed by atoms with Crippen LogP contribution in [0.4, 0.5) is 8.78 Å². The van der Waals surface area contributed by atoms with Crippen molar-refractivity contribution in [2.45, 2.75) is 6.42 Å². The summed E-state index contributed by atoms with van der Waals surface area (Å²) in [7, 11) is -2.34. The summed E-state index contributed by atoms with van der Waals surface area (Å²) in [6.45, 7) is -0.235. The molecular weight excluding hydrogens is 254 g/mol. The van der Waals surface area contributed by atoms with Crippen LogP contribution in [0.2, 0.25) is 0 Å². The molecule has 96 valence electrons. The third-order valence-corrected chi connectivity index (χ3v) is 2.61. The molecule has 0 aliphatic heterocycles. The standard InChI is InChI=1S/C10H12F2O4S/c1-15-8-4-3-7(9(11)10(8)12)5-6-16-17(2,13)14/h3-4H,5-6H2,1-2H3. The molecular formula is C10H12F2O4S.